The Morgan fingerprint density at radius 3 is 2.57 bits per heavy atom. The predicted molar refractivity (Wildman–Crippen MR) is 74.8 cm³/mol. The smallest absolute Gasteiger partial charge is 0.387 e. The van der Waals surface area contributed by atoms with Crippen LogP contribution in [0.25, 0.3) is 0 Å². The summed E-state index contributed by atoms with van der Waals surface area (Å²) in [5.41, 5.74) is -0.143. The van der Waals surface area contributed by atoms with Gasteiger partial charge >= 0.3 is 6.18 Å². The maximum Gasteiger partial charge on any atom is 0.401 e. The summed E-state index contributed by atoms with van der Waals surface area (Å²) in [5.74, 6) is -1.36. The molecule has 1 aliphatic heterocycles. The molecular formula is C15H19F5N2O. The topological polar surface area (TPSA) is 26.7 Å². The zero-order valence-corrected chi connectivity index (χ0v) is 12.7. The van der Waals surface area contributed by atoms with Crippen molar-refractivity contribution >= 4 is 0 Å². The number of alkyl halides is 3. The summed E-state index contributed by atoms with van der Waals surface area (Å²) in [6, 6.07) is 2.50. The largest absolute Gasteiger partial charge is 0.401 e. The number of rotatable bonds is 4. The minimum Gasteiger partial charge on any atom is -0.387 e. The highest BCUT2D eigenvalue weighted by atomic mass is 19.4. The SMILES string of the molecule is CC1CN(CC(O)c2cc(F)ccc2F)CCN1CC(F)(F)F. The first kappa shape index (κ1) is 18.1. The Kier molecular flexibility index (Phi) is 5.59. The average molecular weight is 338 g/mol. The van der Waals surface area contributed by atoms with E-state index in [1.165, 1.54) is 4.90 Å². The lowest BCUT2D eigenvalue weighted by atomic mass is 10.1. The van der Waals surface area contributed by atoms with Gasteiger partial charge in [0.25, 0.3) is 0 Å². The Labute approximate surface area is 131 Å². The lowest BCUT2D eigenvalue weighted by Gasteiger charge is -2.40. The van der Waals surface area contributed by atoms with Crippen molar-refractivity contribution in [1.29, 1.82) is 0 Å². The Hall–Kier alpha value is -1.25. The normalized spacial score (nSPS) is 22.3. The molecular weight excluding hydrogens is 319 g/mol. The fraction of sp³-hybridized carbons (Fsp3) is 0.600. The van der Waals surface area contributed by atoms with E-state index in [9.17, 15) is 27.1 Å². The Bertz CT molecular complexity index is 537. The molecule has 1 fully saturated rings. The molecule has 1 N–H and O–H groups in total. The van der Waals surface area contributed by atoms with Gasteiger partial charge in [0.1, 0.15) is 11.6 Å². The fourth-order valence-electron chi connectivity index (χ4n) is 2.81. The minimum absolute atomic E-state index is 0.0462. The van der Waals surface area contributed by atoms with E-state index < -0.39 is 30.5 Å². The third kappa shape index (κ3) is 5.12. The van der Waals surface area contributed by atoms with E-state index in [1.807, 2.05) is 0 Å². The van der Waals surface area contributed by atoms with Crippen LogP contribution in [-0.2, 0) is 0 Å². The number of nitrogens with zero attached hydrogens (tertiary/aromatic N) is 2. The quantitative estimate of drug-likeness (QED) is 0.855. The number of β-amino-alcohol motifs (C(OH)–C–C–N with tert-alkyl or cyclic N) is 1. The van der Waals surface area contributed by atoms with Crippen LogP contribution >= 0.6 is 0 Å². The zero-order chi connectivity index (χ0) is 17.2. The molecule has 1 aromatic rings. The first-order chi connectivity index (χ1) is 10.7. The molecule has 8 heteroatoms. The van der Waals surface area contributed by atoms with Crippen LogP contribution in [0, 0.1) is 11.6 Å². The molecule has 0 aromatic heterocycles. The van der Waals surface area contributed by atoms with E-state index in [-0.39, 0.29) is 24.7 Å². The minimum atomic E-state index is -4.25. The van der Waals surface area contributed by atoms with Crippen molar-refractivity contribution < 1.29 is 27.1 Å². The number of aliphatic hydroxyl groups is 1. The van der Waals surface area contributed by atoms with E-state index in [1.54, 1.807) is 11.8 Å². The zero-order valence-electron chi connectivity index (χ0n) is 12.7. The number of halogens is 5. The maximum absolute atomic E-state index is 13.6. The van der Waals surface area contributed by atoms with Gasteiger partial charge in [0.2, 0.25) is 0 Å². The Morgan fingerprint density at radius 2 is 1.96 bits per heavy atom. The molecule has 130 valence electrons. The van der Waals surface area contributed by atoms with Gasteiger partial charge in [-0.2, -0.15) is 13.2 Å². The van der Waals surface area contributed by atoms with E-state index in [2.05, 4.69) is 0 Å². The van der Waals surface area contributed by atoms with Crippen LogP contribution in [0.15, 0.2) is 18.2 Å². The van der Waals surface area contributed by atoms with Crippen molar-refractivity contribution in [2.45, 2.75) is 25.2 Å². The van der Waals surface area contributed by atoms with Gasteiger partial charge in [-0.15, -0.1) is 0 Å². The van der Waals surface area contributed by atoms with Gasteiger partial charge in [-0.25, -0.2) is 8.78 Å². The predicted octanol–water partition coefficient (Wildman–Crippen LogP) is 2.57. The molecule has 3 nitrogen and oxygen atoms in total. The molecule has 1 saturated heterocycles. The van der Waals surface area contributed by atoms with Gasteiger partial charge in [0.05, 0.1) is 12.6 Å². The molecule has 1 aromatic carbocycles. The second-order valence-electron chi connectivity index (χ2n) is 5.88. The third-order valence-corrected chi connectivity index (χ3v) is 3.98. The van der Waals surface area contributed by atoms with Crippen LogP contribution in [0.2, 0.25) is 0 Å². The first-order valence-electron chi connectivity index (χ1n) is 7.32. The Balaban J connectivity index is 1.93. The van der Waals surface area contributed by atoms with Crippen molar-refractivity contribution in [2.75, 3.05) is 32.7 Å². The number of piperazine rings is 1. The molecule has 2 rings (SSSR count). The summed E-state index contributed by atoms with van der Waals surface area (Å²) in [4.78, 5) is 3.08. The molecule has 0 aliphatic carbocycles. The highest BCUT2D eigenvalue weighted by Gasteiger charge is 2.35. The van der Waals surface area contributed by atoms with Crippen LogP contribution in [0.1, 0.15) is 18.6 Å². The van der Waals surface area contributed by atoms with Crippen LogP contribution in [0.3, 0.4) is 0 Å². The van der Waals surface area contributed by atoms with Crippen molar-refractivity contribution in [2.24, 2.45) is 0 Å². The van der Waals surface area contributed by atoms with Gasteiger partial charge in [0, 0.05) is 37.8 Å². The fourth-order valence-corrected chi connectivity index (χ4v) is 2.81. The molecule has 1 heterocycles. The number of aliphatic hydroxyl groups excluding tert-OH is 1. The first-order valence-corrected chi connectivity index (χ1v) is 7.32. The van der Waals surface area contributed by atoms with Crippen LogP contribution in [0.4, 0.5) is 22.0 Å². The summed E-state index contributed by atoms with van der Waals surface area (Å²) in [6.45, 7) is 1.61. The van der Waals surface area contributed by atoms with E-state index in [0.717, 1.165) is 18.2 Å². The van der Waals surface area contributed by atoms with E-state index >= 15 is 0 Å². The summed E-state index contributed by atoms with van der Waals surface area (Å²) in [5, 5.41) is 10.1. The van der Waals surface area contributed by atoms with E-state index in [4.69, 9.17) is 0 Å². The summed E-state index contributed by atoms with van der Waals surface area (Å²) in [6.07, 6.45) is -5.48. The van der Waals surface area contributed by atoms with E-state index in [0.29, 0.717) is 13.1 Å². The molecule has 23 heavy (non-hydrogen) atoms. The van der Waals surface area contributed by atoms with Gasteiger partial charge in [-0.1, -0.05) is 0 Å². The number of hydrogen-bond donors (Lipinski definition) is 1. The van der Waals surface area contributed by atoms with Crippen LogP contribution in [-0.4, -0.2) is 59.8 Å². The molecule has 2 unspecified atom stereocenters. The van der Waals surface area contributed by atoms with Crippen molar-refractivity contribution in [1.82, 2.24) is 9.80 Å². The van der Waals surface area contributed by atoms with Gasteiger partial charge in [-0.05, 0) is 25.1 Å². The van der Waals surface area contributed by atoms with Gasteiger partial charge < -0.3 is 5.11 Å². The maximum atomic E-state index is 13.6. The molecule has 0 saturated carbocycles. The molecule has 2 atom stereocenters. The van der Waals surface area contributed by atoms with Crippen molar-refractivity contribution in [3.05, 3.63) is 35.4 Å². The van der Waals surface area contributed by atoms with Gasteiger partial charge in [0.15, 0.2) is 0 Å². The highest BCUT2D eigenvalue weighted by molar-refractivity contribution is 5.21. The van der Waals surface area contributed by atoms with Crippen LogP contribution < -0.4 is 0 Å². The van der Waals surface area contributed by atoms with Crippen LogP contribution in [0.5, 0.6) is 0 Å². The summed E-state index contributed by atoms with van der Waals surface area (Å²) < 4.78 is 64.1. The van der Waals surface area contributed by atoms with Crippen molar-refractivity contribution in [3.63, 3.8) is 0 Å². The number of benzene rings is 1. The molecule has 1 aliphatic rings. The van der Waals surface area contributed by atoms with Crippen molar-refractivity contribution in [3.8, 4) is 0 Å². The lowest BCUT2D eigenvalue weighted by molar-refractivity contribution is -0.155. The lowest BCUT2D eigenvalue weighted by Crippen LogP contribution is -2.54. The molecule has 0 spiro atoms. The highest BCUT2D eigenvalue weighted by Crippen LogP contribution is 2.23. The van der Waals surface area contributed by atoms with Gasteiger partial charge in [-0.3, -0.25) is 9.80 Å². The monoisotopic (exact) mass is 338 g/mol. The third-order valence-electron chi connectivity index (χ3n) is 3.98. The average Bonchev–Trinajstić information content (AvgIpc) is 2.43. The second kappa shape index (κ2) is 7.11. The Morgan fingerprint density at radius 1 is 1.26 bits per heavy atom. The summed E-state index contributed by atoms with van der Waals surface area (Å²) in [7, 11) is 0. The molecule has 0 bridgehead atoms. The standard InChI is InChI=1S/C15H19F5N2O/c1-10-7-21(4-5-22(10)9-15(18,19)20)8-14(23)12-6-11(16)2-3-13(12)17/h2-3,6,10,14,23H,4-5,7-9H2,1H3. The number of hydrogen-bond acceptors (Lipinski definition) is 3. The molecule has 0 amide bonds. The second-order valence-corrected chi connectivity index (χ2v) is 5.88. The molecule has 0 radical (unpaired) electrons. The summed E-state index contributed by atoms with van der Waals surface area (Å²) >= 11 is 0.